The topological polar surface area (TPSA) is 12.4 Å². The molecule has 0 aliphatic rings. The molecule has 2 rings (SSSR count). The third-order valence-corrected chi connectivity index (χ3v) is 2.52. The number of aliphatic imine (C=N–C) groups is 1. The average molecular weight is 230 g/mol. The van der Waals surface area contributed by atoms with E-state index < -0.39 is 0 Å². The summed E-state index contributed by atoms with van der Waals surface area (Å²) in [4.78, 5) is 4.38. The number of aryl methyl sites for hydroxylation is 1. The van der Waals surface area contributed by atoms with Gasteiger partial charge in [0.2, 0.25) is 0 Å². The Hall–Kier alpha value is -1.60. The Balaban J connectivity index is 2.15. The minimum atomic E-state index is 0.743. The molecule has 16 heavy (non-hydrogen) atoms. The van der Waals surface area contributed by atoms with Crippen LogP contribution in [0.15, 0.2) is 53.5 Å². The maximum absolute atomic E-state index is 5.80. The molecule has 2 aromatic rings. The van der Waals surface area contributed by atoms with Crippen molar-refractivity contribution >= 4 is 23.5 Å². The van der Waals surface area contributed by atoms with Crippen LogP contribution in [0.5, 0.6) is 0 Å². The van der Waals surface area contributed by atoms with Crippen LogP contribution in [0.3, 0.4) is 0 Å². The van der Waals surface area contributed by atoms with Crippen LogP contribution >= 0.6 is 11.6 Å². The fourth-order valence-electron chi connectivity index (χ4n) is 1.33. The second-order valence-corrected chi connectivity index (χ2v) is 4.08. The molecule has 0 heterocycles. The number of halogens is 1. The van der Waals surface area contributed by atoms with Crippen molar-refractivity contribution in [2.24, 2.45) is 4.99 Å². The Bertz CT molecular complexity index is 436. The molecular formula is C14H12ClN. The van der Waals surface area contributed by atoms with Gasteiger partial charge in [0.05, 0.1) is 5.69 Å². The zero-order chi connectivity index (χ0) is 11.4. The summed E-state index contributed by atoms with van der Waals surface area (Å²) >= 11 is 5.80. The Morgan fingerprint density at radius 3 is 2.19 bits per heavy atom. The van der Waals surface area contributed by atoms with Crippen molar-refractivity contribution in [2.75, 3.05) is 0 Å². The third kappa shape index (κ3) is 2.94. The van der Waals surface area contributed by atoms with Crippen LogP contribution in [-0.4, -0.2) is 6.21 Å². The van der Waals surface area contributed by atoms with E-state index in [4.69, 9.17) is 11.6 Å². The zero-order valence-electron chi connectivity index (χ0n) is 9.02. The van der Waals surface area contributed by atoms with Crippen LogP contribution in [0.4, 0.5) is 5.69 Å². The minimum absolute atomic E-state index is 0.743. The number of benzene rings is 2. The zero-order valence-corrected chi connectivity index (χ0v) is 9.78. The summed E-state index contributed by atoms with van der Waals surface area (Å²) in [7, 11) is 0. The first kappa shape index (κ1) is 10.9. The van der Waals surface area contributed by atoms with Gasteiger partial charge in [-0.1, -0.05) is 41.4 Å². The van der Waals surface area contributed by atoms with Gasteiger partial charge in [-0.15, -0.1) is 0 Å². The quantitative estimate of drug-likeness (QED) is 0.677. The Morgan fingerprint density at radius 2 is 1.56 bits per heavy atom. The maximum atomic E-state index is 5.80. The van der Waals surface area contributed by atoms with Gasteiger partial charge in [-0.3, -0.25) is 4.99 Å². The van der Waals surface area contributed by atoms with Crippen molar-refractivity contribution in [3.8, 4) is 0 Å². The van der Waals surface area contributed by atoms with Gasteiger partial charge < -0.3 is 0 Å². The van der Waals surface area contributed by atoms with E-state index in [0.717, 1.165) is 16.3 Å². The molecule has 0 bridgehead atoms. The van der Waals surface area contributed by atoms with Crippen molar-refractivity contribution in [1.82, 2.24) is 0 Å². The predicted molar refractivity (Wildman–Crippen MR) is 69.9 cm³/mol. The summed E-state index contributed by atoms with van der Waals surface area (Å²) in [5, 5.41) is 0.743. The molecule has 0 amide bonds. The summed E-state index contributed by atoms with van der Waals surface area (Å²) in [5.74, 6) is 0. The van der Waals surface area contributed by atoms with Crippen molar-refractivity contribution in [1.29, 1.82) is 0 Å². The lowest BCUT2D eigenvalue weighted by molar-refractivity contribution is 1.44. The van der Waals surface area contributed by atoms with E-state index in [1.54, 1.807) is 0 Å². The molecule has 0 radical (unpaired) electrons. The van der Waals surface area contributed by atoms with Crippen LogP contribution in [0.1, 0.15) is 11.1 Å². The largest absolute Gasteiger partial charge is 0.256 e. The second kappa shape index (κ2) is 4.95. The van der Waals surface area contributed by atoms with Crippen LogP contribution in [0, 0.1) is 6.92 Å². The van der Waals surface area contributed by atoms with E-state index in [-0.39, 0.29) is 0 Å². The van der Waals surface area contributed by atoms with Gasteiger partial charge in [0.1, 0.15) is 0 Å². The highest BCUT2D eigenvalue weighted by atomic mass is 35.5. The lowest BCUT2D eigenvalue weighted by Crippen LogP contribution is -1.79. The normalized spacial score (nSPS) is 10.9. The first-order chi connectivity index (χ1) is 7.74. The fourth-order valence-corrected chi connectivity index (χ4v) is 1.45. The Kier molecular flexibility index (Phi) is 3.37. The number of nitrogens with zero attached hydrogens (tertiary/aromatic N) is 1. The molecule has 0 N–H and O–H groups in total. The predicted octanol–water partition coefficient (Wildman–Crippen LogP) is 4.40. The van der Waals surface area contributed by atoms with Gasteiger partial charge in [-0.25, -0.2) is 0 Å². The van der Waals surface area contributed by atoms with E-state index in [9.17, 15) is 0 Å². The first-order valence-electron chi connectivity index (χ1n) is 5.10. The van der Waals surface area contributed by atoms with Crippen LogP contribution in [0.25, 0.3) is 0 Å². The molecule has 0 unspecified atom stereocenters. The smallest absolute Gasteiger partial charge is 0.0630 e. The number of hydrogen-bond donors (Lipinski definition) is 0. The Morgan fingerprint density at radius 1 is 0.938 bits per heavy atom. The van der Waals surface area contributed by atoms with Gasteiger partial charge >= 0.3 is 0 Å². The van der Waals surface area contributed by atoms with E-state index in [0.29, 0.717) is 0 Å². The van der Waals surface area contributed by atoms with Gasteiger partial charge in [0, 0.05) is 11.2 Å². The van der Waals surface area contributed by atoms with Crippen molar-refractivity contribution < 1.29 is 0 Å². The molecule has 0 aromatic heterocycles. The molecular weight excluding hydrogens is 218 g/mol. The van der Waals surface area contributed by atoms with Gasteiger partial charge in [0.15, 0.2) is 0 Å². The van der Waals surface area contributed by atoms with E-state index in [1.165, 1.54) is 5.56 Å². The molecule has 2 aromatic carbocycles. The molecule has 2 heteroatoms. The third-order valence-electron chi connectivity index (χ3n) is 2.27. The highest BCUT2D eigenvalue weighted by Crippen LogP contribution is 2.13. The van der Waals surface area contributed by atoms with Gasteiger partial charge in [-0.05, 0) is 36.8 Å². The molecule has 0 atom stereocenters. The summed E-state index contributed by atoms with van der Waals surface area (Å²) in [5.41, 5.74) is 3.25. The molecule has 0 aliphatic carbocycles. The van der Waals surface area contributed by atoms with Crippen LogP contribution < -0.4 is 0 Å². The number of rotatable bonds is 2. The molecule has 0 aliphatic heterocycles. The minimum Gasteiger partial charge on any atom is -0.256 e. The van der Waals surface area contributed by atoms with E-state index in [1.807, 2.05) is 42.6 Å². The lowest BCUT2D eigenvalue weighted by atomic mass is 10.2. The second-order valence-electron chi connectivity index (χ2n) is 3.65. The maximum Gasteiger partial charge on any atom is 0.0630 e. The van der Waals surface area contributed by atoms with E-state index >= 15 is 0 Å². The highest BCUT2D eigenvalue weighted by molar-refractivity contribution is 6.30. The fraction of sp³-hybridized carbons (Fsp3) is 0.0714. The number of hydrogen-bond acceptors (Lipinski definition) is 1. The van der Waals surface area contributed by atoms with E-state index in [2.05, 4.69) is 24.0 Å². The summed E-state index contributed by atoms with van der Waals surface area (Å²) in [6.07, 6.45) is 1.83. The highest BCUT2D eigenvalue weighted by Gasteiger charge is 1.90. The summed E-state index contributed by atoms with van der Waals surface area (Å²) in [6.45, 7) is 2.06. The van der Waals surface area contributed by atoms with Crippen molar-refractivity contribution in [3.63, 3.8) is 0 Å². The van der Waals surface area contributed by atoms with Gasteiger partial charge in [0.25, 0.3) is 0 Å². The van der Waals surface area contributed by atoms with Crippen LogP contribution in [-0.2, 0) is 0 Å². The molecule has 0 saturated carbocycles. The molecule has 80 valence electrons. The molecule has 0 fully saturated rings. The standard InChI is InChI=1S/C14H12ClN/c1-11-2-8-14(9-3-11)16-10-12-4-6-13(15)7-5-12/h2-10H,1H3. The monoisotopic (exact) mass is 229 g/mol. The summed E-state index contributed by atoms with van der Waals surface area (Å²) < 4.78 is 0. The average Bonchev–Trinajstić information content (AvgIpc) is 2.30. The lowest BCUT2D eigenvalue weighted by Gasteiger charge is -1.95. The Labute approximate surface area is 100 Å². The first-order valence-corrected chi connectivity index (χ1v) is 5.48. The van der Waals surface area contributed by atoms with Crippen LogP contribution in [0.2, 0.25) is 5.02 Å². The van der Waals surface area contributed by atoms with Gasteiger partial charge in [-0.2, -0.15) is 0 Å². The van der Waals surface area contributed by atoms with Crippen molar-refractivity contribution in [3.05, 3.63) is 64.7 Å². The SMILES string of the molecule is Cc1ccc(N=Cc2ccc(Cl)cc2)cc1. The molecule has 0 spiro atoms. The molecule has 0 saturated heterocycles. The molecule has 1 nitrogen and oxygen atoms in total. The summed E-state index contributed by atoms with van der Waals surface area (Å²) in [6, 6.07) is 15.7. The van der Waals surface area contributed by atoms with Crippen molar-refractivity contribution in [2.45, 2.75) is 6.92 Å².